The molecule has 0 amide bonds. The van der Waals surface area contributed by atoms with Crippen molar-refractivity contribution in [2.24, 2.45) is 5.92 Å². The number of anilines is 2. The van der Waals surface area contributed by atoms with Crippen molar-refractivity contribution in [3.63, 3.8) is 0 Å². The smallest absolute Gasteiger partial charge is 0.134 e. The minimum absolute atomic E-state index is 0.260. The fourth-order valence-electron chi connectivity index (χ4n) is 4.42. The molecule has 0 saturated carbocycles. The van der Waals surface area contributed by atoms with Crippen LogP contribution in [0.25, 0.3) is 0 Å². The number of hydrogen-bond acceptors (Lipinski definition) is 7. The number of piperidine rings is 1. The summed E-state index contributed by atoms with van der Waals surface area (Å²) in [5, 5.41) is 9.03. The molecule has 1 N–H and O–H groups in total. The zero-order valence-electron chi connectivity index (χ0n) is 17.0. The van der Waals surface area contributed by atoms with Gasteiger partial charge in [0.25, 0.3) is 0 Å². The molecule has 7 heteroatoms. The third kappa shape index (κ3) is 5.30. The van der Waals surface area contributed by atoms with Crippen LogP contribution in [0.5, 0.6) is 0 Å². The number of likely N-dealkylation sites (N-methyl/N-ethyl adjacent to an activating group) is 1. The van der Waals surface area contributed by atoms with E-state index in [1.54, 1.807) is 13.4 Å². The second-order valence-electron chi connectivity index (χ2n) is 8.19. The average Bonchev–Trinajstić information content (AvgIpc) is 3.09. The van der Waals surface area contributed by atoms with Gasteiger partial charge in [-0.15, -0.1) is 0 Å². The number of ether oxygens (including phenoxy) is 1. The summed E-state index contributed by atoms with van der Waals surface area (Å²) >= 11 is 0. The van der Waals surface area contributed by atoms with Crippen molar-refractivity contribution >= 4 is 11.6 Å². The highest BCUT2D eigenvalue weighted by molar-refractivity contribution is 5.52. The van der Waals surface area contributed by atoms with Crippen LogP contribution in [0.2, 0.25) is 0 Å². The molecule has 0 unspecified atom stereocenters. The summed E-state index contributed by atoms with van der Waals surface area (Å²) in [6.07, 6.45) is 7.41. The van der Waals surface area contributed by atoms with E-state index in [2.05, 4.69) is 44.8 Å². The molecule has 7 nitrogen and oxygen atoms in total. The highest BCUT2D eigenvalue weighted by atomic mass is 16.5. The van der Waals surface area contributed by atoms with Gasteiger partial charge in [0, 0.05) is 52.0 Å². The molecule has 2 saturated heterocycles. The predicted octanol–water partition coefficient (Wildman–Crippen LogP) is 1.62. The normalized spacial score (nSPS) is 24.2. The third-order valence-corrected chi connectivity index (χ3v) is 5.93. The Kier molecular flexibility index (Phi) is 7.26. The first-order valence-electron chi connectivity index (χ1n) is 10.2. The van der Waals surface area contributed by atoms with E-state index in [-0.39, 0.29) is 6.10 Å². The maximum atomic E-state index is 9.03. The lowest BCUT2D eigenvalue weighted by atomic mass is 9.92. The lowest BCUT2D eigenvalue weighted by molar-refractivity contribution is 0.117. The summed E-state index contributed by atoms with van der Waals surface area (Å²) in [7, 11) is 6.03. The van der Waals surface area contributed by atoms with Crippen molar-refractivity contribution in [2.75, 3.05) is 63.8 Å². The summed E-state index contributed by atoms with van der Waals surface area (Å²) in [6.45, 7) is 4.26. The molecule has 1 aromatic rings. The van der Waals surface area contributed by atoms with E-state index in [4.69, 9.17) is 9.84 Å². The molecule has 0 radical (unpaired) electrons. The van der Waals surface area contributed by atoms with E-state index >= 15 is 0 Å². The molecule has 3 heterocycles. The van der Waals surface area contributed by atoms with Crippen molar-refractivity contribution in [3.8, 4) is 0 Å². The Morgan fingerprint density at radius 1 is 1.22 bits per heavy atom. The zero-order chi connectivity index (χ0) is 19.2. The monoisotopic (exact) mass is 377 g/mol. The van der Waals surface area contributed by atoms with E-state index in [9.17, 15) is 0 Å². The topological polar surface area (TPSA) is 65.0 Å². The lowest BCUT2D eigenvalue weighted by Gasteiger charge is -2.33. The Hall–Kier alpha value is -1.44. The summed E-state index contributed by atoms with van der Waals surface area (Å²) in [4.78, 5) is 16.1. The van der Waals surface area contributed by atoms with Crippen LogP contribution in [-0.2, 0) is 4.74 Å². The quantitative estimate of drug-likeness (QED) is 0.738. The molecule has 2 atom stereocenters. The van der Waals surface area contributed by atoms with E-state index in [1.807, 2.05) is 0 Å². The second kappa shape index (κ2) is 9.66. The lowest BCUT2D eigenvalue weighted by Crippen LogP contribution is -2.38. The van der Waals surface area contributed by atoms with E-state index in [1.165, 1.54) is 12.8 Å². The second-order valence-corrected chi connectivity index (χ2v) is 8.19. The fraction of sp³-hybridized carbons (Fsp3) is 0.800. The zero-order valence-corrected chi connectivity index (χ0v) is 17.0. The summed E-state index contributed by atoms with van der Waals surface area (Å²) in [6, 6.07) is 2.56. The van der Waals surface area contributed by atoms with Crippen molar-refractivity contribution in [1.82, 2.24) is 14.9 Å². The Bertz CT molecular complexity index is 577. The van der Waals surface area contributed by atoms with E-state index < -0.39 is 0 Å². The van der Waals surface area contributed by atoms with Crippen molar-refractivity contribution in [3.05, 3.63) is 12.4 Å². The molecule has 0 aromatic carbocycles. The maximum Gasteiger partial charge on any atom is 0.134 e. The predicted molar refractivity (Wildman–Crippen MR) is 108 cm³/mol. The summed E-state index contributed by atoms with van der Waals surface area (Å²) in [5.74, 6) is 2.78. The van der Waals surface area contributed by atoms with Crippen LogP contribution in [0.1, 0.15) is 32.1 Å². The number of aliphatic hydroxyl groups excluding tert-OH is 1. The van der Waals surface area contributed by atoms with Gasteiger partial charge >= 0.3 is 0 Å². The molecule has 2 aliphatic rings. The fourth-order valence-corrected chi connectivity index (χ4v) is 4.42. The number of aromatic nitrogens is 2. The van der Waals surface area contributed by atoms with Crippen molar-refractivity contribution in [2.45, 2.75) is 44.2 Å². The van der Waals surface area contributed by atoms with Crippen LogP contribution in [0.3, 0.4) is 0 Å². The number of hydrogen-bond donors (Lipinski definition) is 1. The Balaban J connectivity index is 1.66. The molecule has 3 rings (SSSR count). The molecule has 1 aromatic heterocycles. The average molecular weight is 378 g/mol. The van der Waals surface area contributed by atoms with Crippen molar-refractivity contribution in [1.29, 1.82) is 0 Å². The van der Waals surface area contributed by atoms with Gasteiger partial charge in [0.2, 0.25) is 0 Å². The van der Waals surface area contributed by atoms with Crippen LogP contribution in [0, 0.1) is 5.92 Å². The van der Waals surface area contributed by atoms with Gasteiger partial charge in [-0.25, -0.2) is 9.97 Å². The van der Waals surface area contributed by atoms with E-state index in [0.29, 0.717) is 12.6 Å². The molecule has 2 aliphatic heterocycles. The molecular weight excluding hydrogens is 342 g/mol. The molecule has 0 aliphatic carbocycles. The van der Waals surface area contributed by atoms with E-state index in [0.717, 1.165) is 63.0 Å². The first-order chi connectivity index (χ1) is 13.1. The maximum absolute atomic E-state index is 9.03. The number of methoxy groups -OCH3 is 1. The van der Waals surface area contributed by atoms with Gasteiger partial charge in [-0.05, 0) is 52.1 Å². The number of nitrogens with zero attached hydrogens (tertiary/aromatic N) is 5. The SMILES string of the molecule is CO[C@H]1C[C@@H](CN(C)C)N(c2cc(N3CCC(CCCO)CC3)ncn2)C1. The molecule has 0 bridgehead atoms. The van der Waals surface area contributed by atoms with Gasteiger partial charge in [-0.2, -0.15) is 0 Å². The van der Waals surface area contributed by atoms with Crippen LogP contribution < -0.4 is 9.80 Å². The Morgan fingerprint density at radius 3 is 2.63 bits per heavy atom. The largest absolute Gasteiger partial charge is 0.396 e. The first-order valence-corrected chi connectivity index (χ1v) is 10.2. The van der Waals surface area contributed by atoms with Crippen LogP contribution in [0.4, 0.5) is 11.6 Å². The Morgan fingerprint density at radius 2 is 1.96 bits per heavy atom. The number of rotatable bonds is 8. The third-order valence-electron chi connectivity index (χ3n) is 5.93. The van der Waals surface area contributed by atoms with Crippen LogP contribution in [0.15, 0.2) is 12.4 Å². The Labute approximate surface area is 163 Å². The van der Waals surface area contributed by atoms with Crippen molar-refractivity contribution < 1.29 is 9.84 Å². The van der Waals surface area contributed by atoms with Gasteiger partial charge in [0.15, 0.2) is 0 Å². The highest BCUT2D eigenvalue weighted by Crippen LogP contribution is 2.30. The minimum Gasteiger partial charge on any atom is -0.396 e. The molecular formula is C20H35N5O2. The summed E-state index contributed by atoms with van der Waals surface area (Å²) in [5.41, 5.74) is 0. The van der Waals surface area contributed by atoms with Gasteiger partial charge < -0.3 is 24.5 Å². The summed E-state index contributed by atoms with van der Waals surface area (Å²) < 4.78 is 5.63. The van der Waals surface area contributed by atoms with Gasteiger partial charge in [0.1, 0.15) is 18.0 Å². The first kappa shape index (κ1) is 20.3. The molecule has 2 fully saturated rings. The van der Waals surface area contributed by atoms with Gasteiger partial charge in [0.05, 0.1) is 6.10 Å². The molecule has 27 heavy (non-hydrogen) atoms. The minimum atomic E-state index is 0.260. The standard InChI is InChI=1S/C20H35N5O2/c1-23(2)13-17-11-18(27-3)14-25(17)20-12-19(21-15-22-20)24-8-6-16(7-9-24)5-4-10-26/h12,15-18,26H,4-11,13-14H2,1-3H3/t17-,18-/m0/s1. The molecule has 152 valence electrons. The molecule has 0 spiro atoms. The van der Waals surface area contributed by atoms with Crippen LogP contribution in [-0.4, -0.2) is 86.1 Å². The highest BCUT2D eigenvalue weighted by Gasteiger charge is 2.33. The number of aliphatic hydroxyl groups is 1. The van der Waals surface area contributed by atoms with Gasteiger partial charge in [-0.3, -0.25) is 0 Å². The van der Waals surface area contributed by atoms with Gasteiger partial charge in [-0.1, -0.05) is 0 Å². The van der Waals surface area contributed by atoms with Crippen LogP contribution >= 0.6 is 0 Å².